The molecule has 0 aromatic heterocycles. The SMILES string of the molecule is C#CCOC(CC)OC(CC)OC. The molecule has 0 aromatic carbocycles. The lowest BCUT2D eigenvalue weighted by atomic mass is 10.4. The summed E-state index contributed by atoms with van der Waals surface area (Å²) in [5, 5.41) is 0. The van der Waals surface area contributed by atoms with Crippen LogP contribution in [0.5, 0.6) is 0 Å². The van der Waals surface area contributed by atoms with Crippen LogP contribution >= 0.6 is 0 Å². The number of hydrogen-bond acceptors (Lipinski definition) is 3. The topological polar surface area (TPSA) is 27.7 Å². The zero-order valence-corrected chi connectivity index (χ0v) is 8.58. The van der Waals surface area contributed by atoms with E-state index >= 15 is 0 Å². The lowest BCUT2D eigenvalue weighted by molar-refractivity contribution is -0.234. The Morgan fingerprint density at radius 1 is 1.23 bits per heavy atom. The maximum absolute atomic E-state index is 5.46. The van der Waals surface area contributed by atoms with Crippen molar-refractivity contribution >= 4 is 0 Å². The Balaban J connectivity index is 3.75. The van der Waals surface area contributed by atoms with E-state index in [0.717, 1.165) is 12.8 Å². The van der Waals surface area contributed by atoms with Gasteiger partial charge in [-0.1, -0.05) is 19.8 Å². The van der Waals surface area contributed by atoms with Crippen LogP contribution in [0.15, 0.2) is 0 Å². The molecule has 0 heterocycles. The molecule has 0 bridgehead atoms. The molecule has 0 fully saturated rings. The molecule has 0 aliphatic rings. The Bertz CT molecular complexity index is 147. The van der Waals surface area contributed by atoms with Crippen molar-refractivity contribution in [1.29, 1.82) is 0 Å². The molecule has 0 spiro atoms. The molecule has 3 heteroatoms. The Labute approximate surface area is 80.4 Å². The highest BCUT2D eigenvalue weighted by Gasteiger charge is 2.12. The third-order valence-electron chi connectivity index (χ3n) is 1.59. The van der Waals surface area contributed by atoms with Gasteiger partial charge in [-0.25, -0.2) is 0 Å². The average Bonchev–Trinajstić information content (AvgIpc) is 2.19. The van der Waals surface area contributed by atoms with Crippen LogP contribution in [0.3, 0.4) is 0 Å². The summed E-state index contributed by atoms with van der Waals surface area (Å²) in [6, 6.07) is 0. The smallest absolute Gasteiger partial charge is 0.161 e. The molecule has 0 N–H and O–H groups in total. The van der Waals surface area contributed by atoms with Gasteiger partial charge >= 0.3 is 0 Å². The van der Waals surface area contributed by atoms with Gasteiger partial charge in [0.05, 0.1) is 0 Å². The molecule has 0 aromatic rings. The lowest BCUT2D eigenvalue weighted by Gasteiger charge is -2.21. The van der Waals surface area contributed by atoms with Gasteiger partial charge < -0.3 is 14.2 Å². The van der Waals surface area contributed by atoms with Crippen molar-refractivity contribution in [1.82, 2.24) is 0 Å². The van der Waals surface area contributed by atoms with Crippen molar-refractivity contribution in [3.05, 3.63) is 0 Å². The highest BCUT2D eigenvalue weighted by molar-refractivity contribution is 4.83. The highest BCUT2D eigenvalue weighted by Crippen LogP contribution is 2.07. The van der Waals surface area contributed by atoms with E-state index in [-0.39, 0.29) is 19.2 Å². The summed E-state index contributed by atoms with van der Waals surface area (Å²) < 4.78 is 15.8. The first kappa shape index (κ1) is 12.4. The largest absolute Gasteiger partial charge is 0.356 e. The van der Waals surface area contributed by atoms with Crippen LogP contribution in [-0.2, 0) is 14.2 Å². The van der Waals surface area contributed by atoms with Crippen molar-refractivity contribution < 1.29 is 14.2 Å². The van der Waals surface area contributed by atoms with Crippen LogP contribution < -0.4 is 0 Å². The standard InChI is InChI=1S/C10H18O3/c1-5-8-12-10(7-3)13-9(6-2)11-4/h1,9-10H,6-8H2,2-4H3. The number of rotatable bonds is 7. The lowest BCUT2D eigenvalue weighted by Crippen LogP contribution is -2.25. The molecule has 0 amide bonds. The normalized spacial score (nSPS) is 14.9. The van der Waals surface area contributed by atoms with Gasteiger partial charge in [0.25, 0.3) is 0 Å². The summed E-state index contributed by atoms with van der Waals surface area (Å²) in [6.45, 7) is 4.24. The zero-order valence-electron chi connectivity index (χ0n) is 8.58. The average molecular weight is 186 g/mol. The van der Waals surface area contributed by atoms with E-state index in [1.54, 1.807) is 7.11 Å². The number of terminal acetylenes is 1. The highest BCUT2D eigenvalue weighted by atomic mass is 16.8. The summed E-state index contributed by atoms with van der Waals surface area (Å²) in [5.74, 6) is 2.40. The molecular formula is C10H18O3. The van der Waals surface area contributed by atoms with Crippen LogP contribution in [0.1, 0.15) is 26.7 Å². The van der Waals surface area contributed by atoms with Gasteiger partial charge in [0.2, 0.25) is 0 Å². The minimum atomic E-state index is -0.263. The Morgan fingerprint density at radius 3 is 2.23 bits per heavy atom. The quantitative estimate of drug-likeness (QED) is 0.448. The van der Waals surface area contributed by atoms with Gasteiger partial charge in [-0.2, -0.15) is 0 Å². The van der Waals surface area contributed by atoms with Gasteiger partial charge in [-0.3, -0.25) is 0 Å². The van der Waals surface area contributed by atoms with Gasteiger partial charge in [0, 0.05) is 7.11 Å². The van der Waals surface area contributed by atoms with E-state index in [2.05, 4.69) is 5.92 Å². The monoisotopic (exact) mass is 186 g/mol. The van der Waals surface area contributed by atoms with E-state index in [1.807, 2.05) is 13.8 Å². The van der Waals surface area contributed by atoms with Crippen molar-refractivity contribution in [2.75, 3.05) is 13.7 Å². The van der Waals surface area contributed by atoms with E-state index in [1.165, 1.54) is 0 Å². The van der Waals surface area contributed by atoms with E-state index in [9.17, 15) is 0 Å². The second kappa shape index (κ2) is 8.06. The number of ether oxygens (including phenoxy) is 3. The van der Waals surface area contributed by atoms with Crippen molar-refractivity contribution in [2.45, 2.75) is 39.3 Å². The summed E-state index contributed by atoms with van der Waals surface area (Å²) in [4.78, 5) is 0. The first-order valence-corrected chi connectivity index (χ1v) is 4.51. The fourth-order valence-electron chi connectivity index (χ4n) is 0.882. The maximum atomic E-state index is 5.46. The second-order valence-corrected chi connectivity index (χ2v) is 2.56. The summed E-state index contributed by atoms with van der Waals surface area (Å²) in [7, 11) is 1.61. The molecule has 0 rings (SSSR count). The molecule has 2 unspecified atom stereocenters. The number of hydrogen-bond donors (Lipinski definition) is 0. The summed E-state index contributed by atoms with van der Waals surface area (Å²) in [6.07, 6.45) is 6.16. The first-order valence-electron chi connectivity index (χ1n) is 4.51. The Morgan fingerprint density at radius 2 is 1.85 bits per heavy atom. The first-order chi connectivity index (χ1) is 6.28. The molecule has 3 nitrogen and oxygen atoms in total. The minimum Gasteiger partial charge on any atom is -0.356 e. The maximum Gasteiger partial charge on any atom is 0.161 e. The Kier molecular flexibility index (Phi) is 7.71. The van der Waals surface area contributed by atoms with Gasteiger partial charge in [-0.15, -0.1) is 6.42 Å². The van der Waals surface area contributed by atoms with Crippen LogP contribution in [-0.4, -0.2) is 26.3 Å². The molecule has 13 heavy (non-hydrogen) atoms. The minimum absolute atomic E-state index is 0.206. The predicted molar refractivity (Wildman–Crippen MR) is 51.0 cm³/mol. The van der Waals surface area contributed by atoms with E-state index in [4.69, 9.17) is 20.6 Å². The molecule has 0 saturated heterocycles. The third-order valence-corrected chi connectivity index (χ3v) is 1.59. The van der Waals surface area contributed by atoms with Gasteiger partial charge in [0.1, 0.15) is 6.61 Å². The molecular weight excluding hydrogens is 168 g/mol. The van der Waals surface area contributed by atoms with E-state index in [0.29, 0.717) is 0 Å². The molecule has 0 aliphatic heterocycles. The zero-order chi connectivity index (χ0) is 10.1. The van der Waals surface area contributed by atoms with Crippen LogP contribution in [0.4, 0.5) is 0 Å². The van der Waals surface area contributed by atoms with Crippen LogP contribution in [0.25, 0.3) is 0 Å². The summed E-state index contributed by atoms with van der Waals surface area (Å²) in [5.41, 5.74) is 0. The molecule has 0 saturated carbocycles. The second-order valence-electron chi connectivity index (χ2n) is 2.56. The van der Waals surface area contributed by atoms with Gasteiger partial charge in [0.15, 0.2) is 12.6 Å². The molecule has 0 radical (unpaired) electrons. The van der Waals surface area contributed by atoms with Crippen molar-refractivity contribution in [3.63, 3.8) is 0 Å². The molecule has 2 atom stereocenters. The summed E-state index contributed by atoms with van der Waals surface area (Å²) >= 11 is 0. The van der Waals surface area contributed by atoms with Crippen LogP contribution in [0, 0.1) is 12.3 Å². The van der Waals surface area contributed by atoms with Crippen molar-refractivity contribution in [2.24, 2.45) is 0 Å². The fourth-order valence-corrected chi connectivity index (χ4v) is 0.882. The number of methoxy groups -OCH3 is 1. The molecule has 0 aliphatic carbocycles. The van der Waals surface area contributed by atoms with Crippen molar-refractivity contribution in [3.8, 4) is 12.3 Å². The predicted octanol–water partition coefficient (Wildman–Crippen LogP) is 1.77. The Hall–Kier alpha value is -0.560. The van der Waals surface area contributed by atoms with Crippen LogP contribution in [0.2, 0.25) is 0 Å². The fraction of sp³-hybridized carbons (Fsp3) is 0.800. The van der Waals surface area contributed by atoms with E-state index < -0.39 is 0 Å². The third kappa shape index (κ3) is 5.64. The van der Waals surface area contributed by atoms with Gasteiger partial charge in [-0.05, 0) is 12.8 Å². The molecule has 76 valence electrons.